The summed E-state index contributed by atoms with van der Waals surface area (Å²) in [6.45, 7) is 2.74. The van der Waals surface area contributed by atoms with E-state index < -0.39 is 0 Å². The van der Waals surface area contributed by atoms with Gasteiger partial charge in [-0.05, 0) is 65.9 Å². The van der Waals surface area contributed by atoms with Crippen LogP contribution in [0.15, 0.2) is 60.0 Å². The highest BCUT2D eigenvalue weighted by Gasteiger charge is 2.18. The maximum absolute atomic E-state index is 12.9. The van der Waals surface area contributed by atoms with Crippen molar-refractivity contribution in [1.29, 1.82) is 0 Å². The predicted molar refractivity (Wildman–Crippen MR) is 168 cm³/mol. The third-order valence-corrected chi connectivity index (χ3v) is 8.13. The Balaban J connectivity index is 1.22. The molecule has 11 heteroatoms. The van der Waals surface area contributed by atoms with Crippen molar-refractivity contribution in [1.82, 2.24) is 15.2 Å². The maximum Gasteiger partial charge on any atom is 0.270 e. The van der Waals surface area contributed by atoms with Gasteiger partial charge in [0.05, 0.1) is 35.0 Å². The van der Waals surface area contributed by atoms with E-state index in [1.807, 2.05) is 53.9 Å². The van der Waals surface area contributed by atoms with Crippen LogP contribution < -0.4 is 33.7 Å². The maximum atomic E-state index is 12.9. The summed E-state index contributed by atoms with van der Waals surface area (Å²) in [5.74, 6) is 4.06. The first-order chi connectivity index (χ1) is 21.5. The first-order valence-electron chi connectivity index (χ1n) is 14.2. The summed E-state index contributed by atoms with van der Waals surface area (Å²) in [5, 5.41) is 5.66. The van der Waals surface area contributed by atoms with Crippen molar-refractivity contribution < 1.29 is 33.2 Å². The Labute approximate surface area is 261 Å². The summed E-state index contributed by atoms with van der Waals surface area (Å²) < 4.78 is 32.6. The summed E-state index contributed by atoms with van der Waals surface area (Å²) in [7, 11) is 6.48. The molecule has 1 amide bonds. The monoisotopic (exact) mass is 619 g/mol. The van der Waals surface area contributed by atoms with Gasteiger partial charge in [0.15, 0.2) is 34.5 Å². The van der Waals surface area contributed by atoms with Gasteiger partial charge in [0.25, 0.3) is 5.91 Å². The van der Waals surface area contributed by atoms with Crippen molar-refractivity contribution in [3.05, 3.63) is 87.4 Å². The molecule has 44 heavy (non-hydrogen) atoms. The van der Waals surface area contributed by atoms with E-state index in [0.29, 0.717) is 54.7 Å². The Morgan fingerprint density at radius 2 is 1.43 bits per heavy atom. The number of aromatic nitrogens is 1. The van der Waals surface area contributed by atoms with Gasteiger partial charge >= 0.3 is 0 Å². The van der Waals surface area contributed by atoms with Crippen LogP contribution in [0.2, 0.25) is 0 Å². The molecule has 1 aliphatic heterocycles. The quantitative estimate of drug-likeness (QED) is 0.194. The first-order valence-corrected chi connectivity index (χ1v) is 15.1. The number of ether oxygens (including phenoxy) is 6. The molecule has 0 saturated heterocycles. The molecular weight excluding hydrogens is 582 g/mol. The standard InChI is InChI=1S/C33H37N3O7S/c1-38-26-8-5-22(15-29(26)40-3)11-13-34-33(37)25-20-44-32(35-25)19-36(18-24-7-10-28-31(17-24)43-21-42-28)14-12-23-6-9-27(39-2)30(16-23)41-4/h5-10,15-17,20H,11-14,18-19,21H2,1-4H3,(H,34,37). The van der Waals surface area contributed by atoms with Crippen LogP contribution >= 0.6 is 11.3 Å². The lowest BCUT2D eigenvalue weighted by molar-refractivity contribution is 0.0949. The van der Waals surface area contributed by atoms with Crippen LogP contribution in [-0.2, 0) is 25.9 Å². The van der Waals surface area contributed by atoms with Gasteiger partial charge in [-0.1, -0.05) is 18.2 Å². The number of nitrogens with zero attached hydrogens (tertiary/aromatic N) is 2. The molecule has 0 spiro atoms. The van der Waals surface area contributed by atoms with Crippen molar-refractivity contribution in [3.63, 3.8) is 0 Å². The highest BCUT2D eigenvalue weighted by Crippen LogP contribution is 2.33. The van der Waals surface area contributed by atoms with Crippen LogP contribution in [0, 0.1) is 0 Å². The Hall–Kier alpha value is -4.48. The fourth-order valence-electron chi connectivity index (χ4n) is 4.96. The molecule has 0 fully saturated rings. The average Bonchev–Trinajstić information content (AvgIpc) is 3.73. The highest BCUT2D eigenvalue weighted by molar-refractivity contribution is 7.09. The number of carbonyl (C=O) groups excluding carboxylic acids is 1. The topological polar surface area (TPSA) is 101 Å². The minimum Gasteiger partial charge on any atom is -0.493 e. The van der Waals surface area contributed by atoms with Crippen molar-refractivity contribution in [2.24, 2.45) is 0 Å². The zero-order chi connectivity index (χ0) is 30.9. The number of rotatable bonds is 15. The summed E-state index contributed by atoms with van der Waals surface area (Å²) >= 11 is 1.48. The Kier molecular flexibility index (Phi) is 10.4. The van der Waals surface area contributed by atoms with Gasteiger partial charge in [0, 0.05) is 25.0 Å². The molecule has 0 unspecified atom stereocenters. The lowest BCUT2D eigenvalue weighted by Gasteiger charge is -2.22. The van der Waals surface area contributed by atoms with Crippen LogP contribution in [0.3, 0.4) is 0 Å². The van der Waals surface area contributed by atoms with Gasteiger partial charge in [-0.3, -0.25) is 9.69 Å². The largest absolute Gasteiger partial charge is 0.493 e. The number of hydrogen-bond donors (Lipinski definition) is 1. The zero-order valence-electron chi connectivity index (χ0n) is 25.4. The van der Waals surface area contributed by atoms with E-state index in [1.165, 1.54) is 11.3 Å². The van der Waals surface area contributed by atoms with Gasteiger partial charge in [-0.2, -0.15) is 0 Å². The second kappa shape index (κ2) is 14.8. The molecule has 5 rings (SSSR count). The molecule has 0 bridgehead atoms. The molecule has 0 saturated carbocycles. The second-order valence-electron chi connectivity index (χ2n) is 10.2. The molecule has 3 aromatic carbocycles. The van der Waals surface area contributed by atoms with E-state index >= 15 is 0 Å². The molecule has 1 N–H and O–H groups in total. The summed E-state index contributed by atoms with van der Waals surface area (Å²) in [6, 6.07) is 17.7. The van der Waals surface area contributed by atoms with Crippen LogP contribution in [0.5, 0.6) is 34.5 Å². The van der Waals surface area contributed by atoms with Gasteiger partial charge in [0.1, 0.15) is 10.7 Å². The van der Waals surface area contributed by atoms with Gasteiger partial charge in [-0.15, -0.1) is 11.3 Å². The summed E-state index contributed by atoms with van der Waals surface area (Å²) in [5.41, 5.74) is 3.69. The van der Waals surface area contributed by atoms with Gasteiger partial charge in [-0.25, -0.2) is 4.98 Å². The average molecular weight is 620 g/mol. The summed E-state index contributed by atoms with van der Waals surface area (Å²) in [4.78, 5) is 19.9. The third kappa shape index (κ3) is 7.72. The molecule has 0 atom stereocenters. The Bertz CT molecular complexity index is 1570. The lowest BCUT2D eigenvalue weighted by Crippen LogP contribution is -2.27. The SMILES string of the molecule is COc1ccc(CCNC(=O)c2csc(CN(CCc3ccc(OC)c(OC)c3)Cc3ccc4c(c3)OCO4)n2)cc1OC. The van der Waals surface area contributed by atoms with Crippen LogP contribution in [-0.4, -0.2) is 64.1 Å². The highest BCUT2D eigenvalue weighted by atomic mass is 32.1. The van der Waals surface area contributed by atoms with E-state index in [9.17, 15) is 4.79 Å². The normalized spacial score (nSPS) is 11.8. The van der Waals surface area contributed by atoms with Crippen molar-refractivity contribution in [3.8, 4) is 34.5 Å². The minimum absolute atomic E-state index is 0.194. The van der Waals surface area contributed by atoms with Gasteiger partial charge in [0.2, 0.25) is 6.79 Å². The molecule has 1 aliphatic rings. The van der Waals surface area contributed by atoms with Crippen LogP contribution in [0.1, 0.15) is 32.2 Å². The van der Waals surface area contributed by atoms with E-state index in [0.717, 1.165) is 46.2 Å². The second-order valence-corrected chi connectivity index (χ2v) is 11.1. The van der Waals surface area contributed by atoms with E-state index in [2.05, 4.69) is 21.3 Å². The Morgan fingerprint density at radius 3 is 2.11 bits per heavy atom. The van der Waals surface area contributed by atoms with Crippen LogP contribution in [0.25, 0.3) is 0 Å². The molecule has 232 valence electrons. The van der Waals surface area contributed by atoms with E-state index in [-0.39, 0.29) is 12.7 Å². The molecule has 2 heterocycles. The smallest absolute Gasteiger partial charge is 0.270 e. The van der Waals surface area contributed by atoms with Gasteiger partial charge < -0.3 is 33.7 Å². The van der Waals surface area contributed by atoms with Crippen molar-refractivity contribution in [2.75, 3.05) is 48.3 Å². The number of methoxy groups -OCH3 is 4. The van der Waals surface area contributed by atoms with Crippen molar-refractivity contribution in [2.45, 2.75) is 25.9 Å². The summed E-state index contributed by atoms with van der Waals surface area (Å²) in [6.07, 6.45) is 1.45. The zero-order valence-corrected chi connectivity index (χ0v) is 26.2. The van der Waals surface area contributed by atoms with E-state index in [1.54, 1.807) is 28.4 Å². The first kappa shape index (κ1) is 31.0. The Morgan fingerprint density at radius 1 is 0.795 bits per heavy atom. The number of fused-ring (bicyclic) bond motifs is 1. The number of hydrogen-bond acceptors (Lipinski definition) is 10. The molecule has 1 aromatic heterocycles. The molecule has 0 aliphatic carbocycles. The fourth-order valence-corrected chi connectivity index (χ4v) is 5.78. The fraction of sp³-hybridized carbons (Fsp3) is 0.333. The number of benzene rings is 3. The molecular formula is C33H37N3O7S. The lowest BCUT2D eigenvalue weighted by atomic mass is 10.1. The number of carbonyl (C=O) groups is 1. The molecule has 10 nitrogen and oxygen atoms in total. The molecule has 4 aromatic rings. The third-order valence-electron chi connectivity index (χ3n) is 7.30. The van der Waals surface area contributed by atoms with E-state index in [4.69, 9.17) is 28.4 Å². The number of thiazole rings is 1. The molecule has 0 radical (unpaired) electrons. The predicted octanol–water partition coefficient (Wildman–Crippen LogP) is 5.12. The minimum atomic E-state index is -0.194. The number of amides is 1. The number of nitrogens with one attached hydrogen (secondary N) is 1. The van der Waals surface area contributed by atoms with Crippen molar-refractivity contribution >= 4 is 17.2 Å². The van der Waals surface area contributed by atoms with Crippen LogP contribution in [0.4, 0.5) is 0 Å².